The molecule has 0 radical (unpaired) electrons. The van der Waals surface area contributed by atoms with Crippen LogP contribution in [0.25, 0.3) is 11.1 Å². The lowest BCUT2D eigenvalue weighted by molar-refractivity contribution is -0.117. The van der Waals surface area contributed by atoms with Crippen molar-refractivity contribution in [3.05, 3.63) is 66.2 Å². The third-order valence-electron chi connectivity index (χ3n) is 8.46. The number of anilines is 3. The summed E-state index contributed by atoms with van der Waals surface area (Å²) in [5, 5.41) is 5.93. The van der Waals surface area contributed by atoms with Crippen molar-refractivity contribution in [1.29, 1.82) is 0 Å². The van der Waals surface area contributed by atoms with E-state index in [9.17, 15) is 9.59 Å². The van der Waals surface area contributed by atoms with Crippen LogP contribution in [0.4, 0.5) is 17.1 Å². The molecule has 1 aliphatic carbocycles. The molecule has 1 saturated carbocycles. The predicted molar refractivity (Wildman–Crippen MR) is 159 cm³/mol. The number of rotatable bonds is 6. The van der Waals surface area contributed by atoms with Gasteiger partial charge in [0.1, 0.15) is 5.71 Å². The molecule has 0 bridgehead atoms. The Morgan fingerprint density at radius 2 is 1.70 bits per heavy atom. The highest BCUT2D eigenvalue weighted by molar-refractivity contribution is 6.49. The van der Waals surface area contributed by atoms with Gasteiger partial charge in [-0.15, -0.1) is 0 Å². The van der Waals surface area contributed by atoms with Crippen LogP contribution in [0.3, 0.4) is 0 Å². The Balaban J connectivity index is 1.32. The second-order valence-electron chi connectivity index (χ2n) is 11.4. The molecule has 2 aliphatic heterocycles. The van der Waals surface area contributed by atoms with E-state index in [0.29, 0.717) is 23.6 Å². The minimum atomic E-state index is -0.310. The first-order chi connectivity index (χ1) is 19.5. The zero-order valence-corrected chi connectivity index (χ0v) is 23.2. The maximum atomic E-state index is 13.8. The van der Waals surface area contributed by atoms with Gasteiger partial charge in [0.15, 0.2) is 0 Å². The molecule has 3 aliphatic rings. The van der Waals surface area contributed by atoms with Gasteiger partial charge >= 0.3 is 0 Å². The highest BCUT2D eigenvalue weighted by Crippen LogP contribution is 2.35. The van der Waals surface area contributed by atoms with Crippen LogP contribution in [-0.4, -0.2) is 47.1 Å². The summed E-state index contributed by atoms with van der Waals surface area (Å²) in [6.45, 7) is 7.03. The number of hydrogen-bond donors (Lipinski definition) is 2. The van der Waals surface area contributed by atoms with Crippen molar-refractivity contribution in [1.82, 2.24) is 9.97 Å². The molecule has 206 valence electrons. The number of piperidine rings is 1. The maximum Gasteiger partial charge on any atom is 0.274 e. The number of pyridine rings is 2. The molecule has 2 unspecified atom stereocenters. The Morgan fingerprint density at radius 3 is 2.50 bits per heavy atom. The van der Waals surface area contributed by atoms with Crippen LogP contribution in [-0.2, 0) is 9.59 Å². The van der Waals surface area contributed by atoms with Gasteiger partial charge in [-0.3, -0.25) is 24.5 Å². The molecule has 1 aromatic carbocycles. The van der Waals surface area contributed by atoms with E-state index in [-0.39, 0.29) is 29.6 Å². The van der Waals surface area contributed by atoms with Gasteiger partial charge in [0.2, 0.25) is 5.91 Å². The fraction of sp³-hybridized carbons (Fsp3) is 0.406. The third-order valence-corrected chi connectivity index (χ3v) is 8.46. The number of benzene rings is 1. The van der Waals surface area contributed by atoms with Crippen LogP contribution < -0.4 is 15.5 Å². The molecule has 2 aromatic heterocycles. The molecular formula is C32H36N6O2. The number of nitrogens with one attached hydrogen (secondary N) is 2. The average Bonchev–Trinajstić information content (AvgIpc) is 3.85. The summed E-state index contributed by atoms with van der Waals surface area (Å²) in [5.41, 5.74) is 6.52. The van der Waals surface area contributed by atoms with Crippen molar-refractivity contribution in [2.45, 2.75) is 51.9 Å². The Morgan fingerprint density at radius 1 is 0.875 bits per heavy atom. The van der Waals surface area contributed by atoms with E-state index in [1.54, 1.807) is 18.5 Å². The molecule has 1 saturated heterocycles. The summed E-state index contributed by atoms with van der Waals surface area (Å²) in [5.74, 6) is 0.244. The normalized spacial score (nSPS) is 20.6. The van der Waals surface area contributed by atoms with Crippen LogP contribution in [0, 0.1) is 11.8 Å². The first-order valence-electron chi connectivity index (χ1n) is 14.4. The van der Waals surface area contributed by atoms with E-state index in [0.717, 1.165) is 53.9 Å². The van der Waals surface area contributed by atoms with Crippen molar-refractivity contribution >= 4 is 34.6 Å². The zero-order valence-electron chi connectivity index (χ0n) is 23.2. The number of fused-ring (bicyclic) bond motifs is 1. The fourth-order valence-electron chi connectivity index (χ4n) is 5.59. The number of aromatic nitrogens is 2. The molecule has 3 aromatic rings. The molecule has 2 fully saturated rings. The van der Waals surface area contributed by atoms with Gasteiger partial charge < -0.3 is 15.5 Å². The zero-order chi connectivity index (χ0) is 27.6. The number of carbonyl (C=O) groups is 2. The Kier molecular flexibility index (Phi) is 7.32. The van der Waals surface area contributed by atoms with Gasteiger partial charge in [0.25, 0.3) is 5.91 Å². The molecule has 0 spiro atoms. The SMILES string of the molecule is CC1CN=C(C(=O)Nc2cnccc2NC(=O)C2CC2)c2cc(-c3cncc(N4CCCCC4)c3)ccc2C1C. The number of aliphatic imine (C=N–C) groups is 1. The van der Waals surface area contributed by atoms with Crippen LogP contribution >= 0.6 is 0 Å². The number of amides is 2. The quantitative estimate of drug-likeness (QED) is 0.423. The van der Waals surface area contributed by atoms with Crippen molar-refractivity contribution in [3.8, 4) is 11.1 Å². The molecule has 40 heavy (non-hydrogen) atoms. The number of carbonyl (C=O) groups excluding carboxylic acids is 2. The molecule has 8 heteroatoms. The lowest BCUT2D eigenvalue weighted by Crippen LogP contribution is -2.29. The number of nitrogens with zero attached hydrogens (tertiary/aromatic N) is 4. The van der Waals surface area contributed by atoms with Crippen molar-refractivity contribution < 1.29 is 9.59 Å². The predicted octanol–water partition coefficient (Wildman–Crippen LogP) is 5.66. The first kappa shape index (κ1) is 26.2. The van der Waals surface area contributed by atoms with E-state index in [2.05, 4.69) is 63.6 Å². The summed E-state index contributed by atoms with van der Waals surface area (Å²) in [7, 11) is 0. The minimum absolute atomic E-state index is 0.0217. The molecular weight excluding hydrogens is 500 g/mol. The fourth-order valence-corrected chi connectivity index (χ4v) is 5.59. The van der Waals surface area contributed by atoms with Crippen LogP contribution in [0.15, 0.2) is 60.1 Å². The van der Waals surface area contributed by atoms with Gasteiger partial charge in [0, 0.05) is 49.1 Å². The Bertz CT molecular complexity index is 1460. The minimum Gasteiger partial charge on any atom is -0.370 e. The van der Waals surface area contributed by atoms with E-state index >= 15 is 0 Å². The number of hydrogen-bond acceptors (Lipinski definition) is 6. The van der Waals surface area contributed by atoms with E-state index < -0.39 is 0 Å². The van der Waals surface area contributed by atoms with Crippen LogP contribution in [0.5, 0.6) is 0 Å². The van der Waals surface area contributed by atoms with E-state index in [4.69, 9.17) is 4.99 Å². The van der Waals surface area contributed by atoms with E-state index in [1.165, 1.54) is 19.3 Å². The highest BCUT2D eigenvalue weighted by Gasteiger charge is 2.31. The molecule has 2 atom stereocenters. The smallest absolute Gasteiger partial charge is 0.274 e. The first-order valence-corrected chi connectivity index (χ1v) is 14.4. The second-order valence-corrected chi connectivity index (χ2v) is 11.4. The average molecular weight is 537 g/mol. The van der Waals surface area contributed by atoms with Crippen molar-refractivity contribution in [2.24, 2.45) is 16.8 Å². The standard InChI is InChI=1S/C32H36N6O2/c1-20-16-35-30(32(40)37-29-19-33-11-10-28(29)36-31(39)22-6-7-22)27-15-23(8-9-26(27)21(20)2)24-14-25(18-34-17-24)38-12-4-3-5-13-38/h8-11,14-15,17-22H,3-7,12-13,16H2,1-2H3,(H,37,40)(H,33,36,39). The summed E-state index contributed by atoms with van der Waals surface area (Å²) in [4.78, 5) is 42.2. The topological polar surface area (TPSA) is 99.6 Å². The molecule has 2 N–H and O–H groups in total. The summed E-state index contributed by atoms with van der Waals surface area (Å²) >= 11 is 0. The van der Waals surface area contributed by atoms with E-state index in [1.807, 2.05) is 12.4 Å². The molecule has 8 nitrogen and oxygen atoms in total. The van der Waals surface area contributed by atoms with Crippen LogP contribution in [0.1, 0.15) is 63.0 Å². The Labute approximate surface area is 235 Å². The Hall–Kier alpha value is -4.07. The maximum absolute atomic E-state index is 13.8. The van der Waals surface area contributed by atoms with Crippen LogP contribution in [0.2, 0.25) is 0 Å². The van der Waals surface area contributed by atoms with Gasteiger partial charge in [-0.1, -0.05) is 26.0 Å². The summed E-state index contributed by atoms with van der Waals surface area (Å²) < 4.78 is 0. The lowest BCUT2D eigenvalue weighted by atomic mass is 9.85. The monoisotopic (exact) mass is 536 g/mol. The summed E-state index contributed by atoms with van der Waals surface area (Å²) in [6, 6.07) is 10.3. The second kappa shape index (κ2) is 11.2. The molecule has 2 amide bonds. The molecule has 6 rings (SSSR count). The highest BCUT2D eigenvalue weighted by atomic mass is 16.2. The van der Waals surface area contributed by atoms with Gasteiger partial charge in [-0.2, -0.15) is 0 Å². The van der Waals surface area contributed by atoms with Gasteiger partial charge in [-0.25, -0.2) is 0 Å². The lowest BCUT2D eigenvalue weighted by Gasteiger charge is -2.28. The third kappa shape index (κ3) is 5.48. The van der Waals surface area contributed by atoms with Crippen molar-refractivity contribution in [3.63, 3.8) is 0 Å². The van der Waals surface area contributed by atoms with Gasteiger partial charge in [-0.05, 0) is 73.3 Å². The van der Waals surface area contributed by atoms with Crippen molar-refractivity contribution in [2.75, 3.05) is 35.2 Å². The van der Waals surface area contributed by atoms with Gasteiger partial charge in [0.05, 0.1) is 29.5 Å². The summed E-state index contributed by atoms with van der Waals surface area (Å²) in [6.07, 6.45) is 12.5. The molecule has 4 heterocycles. The largest absolute Gasteiger partial charge is 0.370 e.